The molecule has 4 rings (SSSR count). The number of nitrogens with zero attached hydrogens (tertiary/aromatic N) is 1. The van der Waals surface area contributed by atoms with Gasteiger partial charge in [-0.2, -0.15) is 11.8 Å². The van der Waals surface area contributed by atoms with Gasteiger partial charge in [-0.25, -0.2) is 9.37 Å². The second-order valence-corrected chi connectivity index (χ2v) is 8.99. The van der Waals surface area contributed by atoms with Crippen LogP contribution < -0.4 is 10.6 Å². The molecule has 0 bridgehead atoms. The fraction of sp³-hybridized carbons (Fsp3) is 0.250. The topological polar surface area (TPSA) is 54.0 Å². The highest BCUT2D eigenvalue weighted by Crippen LogP contribution is 2.34. The van der Waals surface area contributed by atoms with E-state index in [-0.39, 0.29) is 17.1 Å². The molecule has 154 valence electrons. The summed E-state index contributed by atoms with van der Waals surface area (Å²) < 4.78 is 13.9. The SMILES string of the molecule is CSCc1cc(Nc2cc(-c3ccc4c(c3)C(C)(C)CNC4=O)ccn2)ccc1F. The first-order chi connectivity index (χ1) is 14.4. The average molecular weight is 422 g/mol. The largest absolute Gasteiger partial charge is 0.351 e. The molecule has 0 saturated carbocycles. The lowest BCUT2D eigenvalue weighted by molar-refractivity contribution is 0.0930. The zero-order valence-corrected chi connectivity index (χ0v) is 18.1. The summed E-state index contributed by atoms with van der Waals surface area (Å²) in [6.07, 6.45) is 3.70. The van der Waals surface area contributed by atoms with Crippen molar-refractivity contribution in [3.63, 3.8) is 0 Å². The summed E-state index contributed by atoms with van der Waals surface area (Å²) in [6, 6.07) is 14.9. The highest BCUT2D eigenvalue weighted by molar-refractivity contribution is 7.97. The molecule has 1 aliphatic heterocycles. The third kappa shape index (κ3) is 4.05. The Kier molecular flexibility index (Phi) is 5.52. The summed E-state index contributed by atoms with van der Waals surface area (Å²) in [5.41, 5.74) is 5.15. The lowest BCUT2D eigenvalue weighted by Crippen LogP contribution is -2.43. The number of pyridine rings is 1. The van der Waals surface area contributed by atoms with Crippen LogP contribution in [0.4, 0.5) is 15.9 Å². The second kappa shape index (κ2) is 8.11. The summed E-state index contributed by atoms with van der Waals surface area (Å²) in [4.78, 5) is 16.6. The molecule has 0 atom stereocenters. The van der Waals surface area contributed by atoms with Crippen LogP contribution in [-0.2, 0) is 11.2 Å². The molecule has 2 heterocycles. The smallest absolute Gasteiger partial charge is 0.251 e. The molecular formula is C24H24FN3OS. The van der Waals surface area contributed by atoms with Crippen molar-refractivity contribution in [2.24, 2.45) is 0 Å². The van der Waals surface area contributed by atoms with Crippen molar-refractivity contribution in [1.82, 2.24) is 10.3 Å². The van der Waals surface area contributed by atoms with Crippen LogP contribution in [0, 0.1) is 5.82 Å². The number of thioether (sulfide) groups is 1. The summed E-state index contributed by atoms with van der Waals surface area (Å²) in [6.45, 7) is 4.89. The summed E-state index contributed by atoms with van der Waals surface area (Å²) >= 11 is 1.58. The molecule has 1 aromatic heterocycles. The minimum absolute atomic E-state index is 0.0229. The predicted molar refractivity (Wildman–Crippen MR) is 122 cm³/mol. The van der Waals surface area contributed by atoms with E-state index in [1.54, 1.807) is 24.0 Å². The summed E-state index contributed by atoms with van der Waals surface area (Å²) in [5, 5.41) is 6.23. The fourth-order valence-electron chi connectivity index (χ4n) is 3.72. The molecule has 0 unspecified atom stereocenters. The van der Waals surface area contributed by atoms with Gasteiger partial charge in [0.05, 0.1) is 0 Å². The third-order valence-corrected chi connectivity index (χ3v) is 6.00. The molecule has 1 aliphatic rings. The number of fused-ring (bicyclic) bond motifs is 1. The Morgan fingerprint density at radius 1 is 1.13 bits per heavy atom. The van der Waals surface area contributed by atoms with Gasteiger partial charge in [-0.1, -0.05) is 19.9 Å². The van der Waals surface area contributed by atoms with E-state index in [2.05, 4.69) is 35.5 Å². The molecule has 0 spiro atoms. The van der Waals surface area contributed by atoms with Gasteiger partial charge >= 0.3 is 0 Å². The Bertz CT molecular complexity index is 1110. The molecule has 2 N–H and O–H groups in total. The first kappa shape index (κ1) is 20.4. The van der Waals surface area contributed by atoms with Crippen LogP contribution >= 0.6 is 11.8 Å². The van der Waals surface area contributed by atoms with Gasteiger partial charge in [0.25, 0.3) is 5.91 Å². The van der Waals surface area contributed by atoms with Gasteiger partial charge in [-0.15, -0.1) is 0 Å². The number of benzene rings is 2. The Morgan fingerprint density at radius 3 is 2.73 bits per heavy atom. The quantitative estimate of drug-likeness (QED) is 0.570. The van der Waals surface area contributed by atoms with Crippen LogP contribution in [0.15, 0.2) is 54.7 Å². The summed E-state index contributed by atoms with van der Waals surface area (Å²) in [7, 11) is 0. The molecule has 30 heavy (non-hydrogen) atoms. The molecule has 6 heteroatoms. The Morgan fingerprint density at radius 2 is 1.93 bits per heavy atom. The summed E-state index contributed by atoms with van der Waals surface area (Å²) in [5.74, 6) is 1.08. The molecule has 0 radical (unpaired) electrons. The number of rotatable bonds is 5. The van der Waals surface area contributed by atoms with Crippen molar-refractivity contribution < 1.29 is 9.18 Å². The number of hydrogen-bond donors (Lipinski definition) is 2. The van der Waals surface area contributed by atoms with Crippen LogP contribution in [0.2, 0.25) is 0 Å². The Balaban J connectivity index is 1.65. The molecular weight excluding hydrogens is 397 g/mol. The molecule has 1 amide bonds. The van der Waals surface area contributed by atoms with Crippen LogP contribution in [0.3, 0.4) is 0 Å². The second-order valence-electron chi connectivity index (χ2n) is 8.12. The first-order valence-electron chi connectivity index (χ1n) is 9.81. The van der Waals surface area contributed by atoms with Crippen molar-refractivity contribution in [2.45, 2.75) is 25.0 Å². The minimum atomic E-state index is -0.197. The standard InChI is InChI=1S/C24H24FN3OS/c1-24(2)14-27-23(29)19-6-4-15(11-20(19)24)16-8-9-26-22(12-16)28-18-5-7-21(25)17(10-18)13-30-3/h4-12H,13-14H2,1-3H3,(H,26,28)(H,27,29). The van der Waals surface area contributed by atoms with Gasteiger partial charge < -0.3 is 10.6 Å². The molecule has 3 aromatic rings. The van der Waals surface area contributed by atoms with E-state index in [1.807, 2.05) is 36.6 Å². The number of carbonyl (C=O) groups excluding carboxylic acids is 1. The van der Waals surface area contributed by atoms with E-state index in [4.69, 9.17) is 0 Å². The molecule has 2 aromatic carbocycles. The zero-order chi connectivity index (χ0) is 21.3. The first-order valence-corrected chi connectivity index (χ1v) is 11.2. The van der Waals surface area contributed by atoms with Gasteiger partial charge in [0.2, 0.25) is 0 Å². The maximum Gasteiger partial charge on any atom is 0.251 e. The number of carbonyl (C=O) groups is 1. The van der Waals surface area contributed by atoms with Crippen molar-refractivity contribution in [1.29, 1.82) is 0 Å². The van der Waals surface area contributed by atoms with E-state index in [9.17, 15) is 9.18 Å². The van der Waals surface area contributed by atoms with E-state index in [0.29, 0.717) is 23.7 Å². The van der Waals surface area contributed by atoms with E-state index < -0.39 is 0 Å². The minimum Gasteiger partial charge on any atom is -0.351 e. The number of halogens is 1. The van der Waals surface area contributed by atoms with Crippen molar-refractivity contribution in [3.8, 4) is 11.1 Å². The highest BCUT2D eigenvalue weighted by Gasteiger charge is 2.31. The molecule has 0 fully saturated rings. The number of aromatic nitrogens is 1. The van der Waals surface area contributed by atoms with Crippen LogP contribution in [0.5, 0.6) is 0 Å². The number of hydrogen-bond acceptors (Lipinski definition) is 4. The van der Waals surface area contributed by atoms with Gasteiger partial charge in [0.1, 0.15) is 11.6 Å². The van der Waals surface area contributed by atoms with Crippen LogP contribution in [-0.4, -0.2) is 23.7 Å². The highest BCUT2D eigenvalue weighted by atomic mass is 32.2. The third-order valence-electron chi connectivity index (χ3n) is 5.40. The molecule has 0 aliphatic carbocycles. The van der Waals surface area contributed by atoms with E-state index >= 15 is 0 Å². The number of amides is 1. The monoisotopic (exact) mass is 421 g/mol. The normalized spacial score (nSPS) is 14.7. The van der Waals surface area contributed by atoms with E-state index in [1.165, 1.54) is 6.07 Å². The average Bonchev–Trinajstić information content (AvgIpc) is 2.74. The molecule has 0 saturated heterocycles. The maximum atomic E-state index is 13.9. The fourth-order valence-corrected chi connectivity index (χ4v) is 4.25. The van der Waals surface area contributed by atoms with Crippen LogP contribution in [0.1, 0.15) is 35.3 Å². The van der Waals surface area contributed by atoms with Crippen molar-refractivity contribution >= 4 is 29.2 Å². The van der Waals surface area contributed by atoms with Crippen LogP contribution in [0.25, 0.3) is 11.1 Å². The maximum absolute atomic E-state index is 13.9. The lowest BCUT2D eigenvalue weighted by atomic mass is 9.78. The van der Waals surface area contributed by atoms with Crippen molar-refractivity contribution in [2.75, 3.05) is 18.1 Å². The molecule has 4 nitrogen and oxygen atoms in total. The van der Waals surface area contributed by atoms with Crippen molar-refractivity contribution in [3.05, 3.63) is 77.2 Å². The lowest BCUT2D eigenvalue weighted by Gasteiger charge is -2.32. The number of nitrogens with one attached hydrogen (secondary N) is 2. The predicted octanol–water partition coefficient (Wildman–Crippen LogP) is 5.52. The number of anilines is 2. The van der Waals surface area contributed by atoms with Gasteiger partial charge in [-0.05, 0) is 71.0 Å². The van der Waals surface area contributed by atoms with Gasteiger partial charge in [-0.3, -0.25) is 4.79 Å². The zero-order valence-electron chi connectivity index (χ0n) is 17.3. The van der Waals surface area contributed by atoms with E-state index in [0.717, 1.165) is 27.9 Å². The van der Waals surface area contributed by atoms with Gasteiger partial charge in [0, 0.05) is 35.2 Å². The van der Waals surface area contributed by atoms with Gasteiger partial charge in [0.15, 0.2) is 0 Å². The Labute approximate surface area is 180 Å². The Hall–Kier alpha value is -2.86.